The number of hydrogen-bond donors (Lipinski definition) is 2. The van der Waals surface area contributed by atoms with Gasteiger partial charge in [0.05, 0.1) is 17.6 Å². The summed E-state index contributed by atoms with van der Waals surface area (Å²) < 4.78 is 5.92. The number of nitrogen functional groups attached to an aromatic ring is 1. The van der Waals surface area contributed by atoms with Crippen LogP contribution < -0.4 is 11.3 Å². The van der Waals surface area contributed by atoms with Gasteiger partial charge in [-0.3, -0.25) is 16.0 Å². The molecule has 116 valence electrons. The van der Waals surface area contributed by atoms with Gasteiger partial charge in [-0.15, -0.1) is 0 Å². The molecule has 2 rings (SSSR count). The lowest BCUT2D eigenvalue weighted by atomic mass is 9.80. The quantitative estimate of drug-likeness (QED) is 0.494. The van der Waals surface area contributed by atoms with Gasteiger partial charge < -0.3 is 10.2 Å². The zero-order valence-electron chi connectivity index (χ0n) is 12.5. The smallest absolute Gasteiger partial charge is 0.294 e. The van der Waals surface area contributed by atoms with Gasteiger partial charge in [-0.2, -0.15) is 0 Å². The van der Waals surface area contributed by atoms with Crippen molar-refractivity contribution in [3.63, 3.8) is 0 Å². The Morgan fingerprint density at radius 3 is 2.76 bits per heavy atom. The molecule has 0 aromatic heterocycles. The van der Waals surface area contributed by atoms with Gasteiger partial charge in [0.2, 0.25) is 0 Å². The number of benzene rings is 1. The van der Waals surface area contributed by atoms with Gasteiger partial charge in [0.25, 0.3) is 5.69 Å². The number of nitrogens with zero attached hydrogens (tertiary/aromatic N) is 1. The van der Waals surface area contributed by atoms with Crippen LogP contribution >= 0.6 is 0 Å². The highest BCUT2D eigenvalue weighted by molar-refractivity contribution is 5.61. The van der Waals surface area contributed by atoms with E-state index in [1.165, 1.54) is 12.5 Å². The van der Waals surface area contributed by atoms with Crippen molar-refractivity contribution in [1.82, 2.24) is 0 Å². The summed E-state index contributed by atoms with van der Waals surface area (Å²) in [7, 11) is 0. The molecule has 0 amide bonds. The summed E-state index contributed by atoms with van der Waals surface area (Å²) in [5.41, 5.74) is 3.42. The van der Waals surface area contributed by atoms with E-state index in [9.17, 15) is 10.1 Å². The number of anilines is 1. The van der Waals surface area contributed by atoms with Crippen molar-refractivity contribution >= 4 is 11.4 Å². The van der Waals surface area contributed by atoms with Gasteiger partial charge in [0.1, 0.15) is 5.69 Å². The summed E-state index contributed by atoms with van der Waals surface area (Å²) in [6, 6.07) is 4.93. The lowest BCUT2D eigenvalue weighted by molar-refractivity contribution is -0.384. The minimum atomic E-state index is -0.441. The van der Waals surface area contributed by atoms with Crippen LogP contribution in [-0.2, 0) is 11.3 Å². The maximum atomic E-state index is 11.0. The van der Waals surface area contributed by atoms with Crippen molar-refractivity contribution in [2.75, 3.05) is 5.43 Å². The van der Waals surface area contributed by atoms with E-state index >= 15 is 0 Å². The van der Waals surface area contributed by atoms with Crippen molar-refractivity contribution in [1.29, 1.82) is 0 Å². The number of rotatable bonds is 5. The third kappa shape index (κ3) is 3.92. The molecule has 21 heavy (non-hydrogen) atoms. The van der Waals surface area contributed by atoms with Gasteiger partial charge in [-0.1, -0.05) is 19.9 Å². The number of nitro groups is 1. The van der Waals surface area contributed by atoms with E-state index in [-0.39, 0.29) is 11.8 Å². The zero-order chi connectivity index (χ0) is 15.4. The Balaban J connectivity index is 1.97. The number of hydrogen-bond acceptors (Lipinski definition) is 5. The minimum absolute atomic E-state index is 0.0239. The molecule has 0 bridgehead atoms. The van der Waals surface area contributed by atoms with Crippen LogP contribution in [0, 0.1) is 22.0 Å². The minimum Gasteiger partial charge on any atom is -0.374 e. The zero-order valence-corrected chi connectivity index (χ0v) is 12.5. The van der Waals surface area contributed by atoms with Crippen molar-refractivity contribution in [2.24, 2.45) is 17.7 Å². The second kappa shape index (κ2) is 6.87. The second-order valence-corrected chi connectivity index (χ2v) is 5.95. The highest BCUT2D eigenvalue weighted by Crippen LogP contribution is 2.32. The topological polar surface area (TPSA) is 90.4 Å². The first-order valence-corrected chi connectivity index (χ1v) is 7.36. The lowest BCUT2D eigenvalue weighted by Gasteiger charge is -2.32. The molecular weight excluding hydrogens is 270 g/mol. The summed E-state index contributed by atoms with van der Waals surface area (Å²) in [5.74, 6) is 6.69. The SMILES string of the molecule is CC1CCC(OCc2ccc(NN)c([N+](=O)[O-])c2)CC1C. The van der Waals surface area contributed by atoms with Crippen molar-refractivity contribution < 1.29 is 9.66 Å². The lowest BCUT2D eigenvalue weighted by Crippen LogP contribution is -2.26. The summed E-state index contributed by atoms with van der Waals surface area (Å²) in [5, 5.41) is 11.0. The van der Waals surface area contributed by atoms with Crippen LogP contribution in [0.4, 0.5) is 11.4 Å². The Bertz CT molecular complexity index is 507. The van der Waals surface area contributed by atoms with Crippen LogP contribution in [-0.4, -0.2) is 11.0 Å². The van der Waals surface area contributed by atoms with E-state index in [1.54, 1.807) is 12.1 Å². The number of nitro benzene ring substituents is 1. The molecule has 0 radical (unpaired) electrons. The van der Waals surface area contributed by atoms with E-state index in [4.69, 9.17) is 10.6 Å². The monoisotopic (exact) mass is 293 g/mol. The maximum absolute atomic E-state index is 11.0. The van der Waals surface area contributed by atoms with Gasteiger partial charge in [-0.05, 0) is 42.7 Å². The van der Waals surface area contributed by atoms with Gasteiger partial charge in [-0.25, -0.2) is 0 Å². The van der Waals surface area contributed by atoms with Gasteiger partial charge in [0.15, 0.2) is 0 Å². The molecule has 0 heterocycles. The van der Waals surface area contributed by atoms with Gasteiger partial charge in [0, 0.05) is 6.07 Å². The first kappa shape index (κ1) is 15.7. The van der Waals surface area contributed by atoms with Crippen molar-refractivity contribution in [3.8, 4) is 0 Å². The average molecular weight is 293 g/mol. The second-order valence-electron chi connectivity index (χ2n) is 5.95. The normalized spacial score (nSPS) is 25.6. The molecule has 0 spiro atoms. The van der Waals surface area contributed by atoms with Crippen LogP contribution in [0.15, 0.2) is 18.2 Å². The highest BCUT2D eigenvalue weighted by Gasteiger charge is 2.25. The molecule has 1 aromatic rings. The number of nitrogens with two attached hydrogens (primary N) is 1. The van der Waals surface area contributed by atoms with Crippen LogP contribution in [0.5, 0.6) is 0 Å². The Morgan fingerprint density at radius 2 is 2.14 bits per heavy atom. The average Bonchev–Trinajstić information content (AvgIpc) is 2.48. The van der Waals surface area contributed by atoms with E-state index in [2.05, 4.69) is 19.3 Å². The molecular formula is C15H23N3O3. The molecule has 3 atom stereocenters. The molecule has 1 aliphatic rings. The summed E-state index contributed by atoms with van der Waals surface area (Å²) in [4.78, 5) is 10.5. The first-order chi connectivity index (χ1) is 10.0. The third-order valence-electron chi connectivity index (χ3n) is 4.45. The highest BCUT2D eigenvalue weighted by atomic mass is 16.6. The third-order valence-corrected chi connectivity index (χ3v) is 4.45. The fraction of sp³-hybridized carbons (Fsp3) is 0.600. The van der Waals surface area contributed by atoms with E-state index in [0.29, 0.717) is 18.2 Å². The van der Waals surface area contributed by atoms with Crippen LogP contribution in [0.3, 0.4) is 0 Å². The fourth-order valence-corrected chi connectivity index (χ4v) is 2.80. The molecule has 3 N–H and O–H groups in total. The fourth-order valence-electron chi connectivity index (χ4n) is 2.80. The predicted octanol–water partition coefficient (Wildman–Crippen LogP) is 3.22. The molecule has 1 aromatic carbocycles. The molecule has 6 nitrogen and oxygen atoms in total. The summed E-state index contributed by atoms with van der Waals surface area (Å²) >= 11 is 0. The summed E-state index contributed by atoms with van der Waals surface area (Å²) in [6.45, 7) is 4.94. The van der Waals surface area contributed by atoms with Gasteiger partial charge >= 0.3 is 0 Å². The standard InChI is InChI=1S/C15H23N3O3/c1-10-3-5-13(7-11(10)2)21-9-12-4-6-14(17-16)15(8-12)18(19)20/h4,6,8,10-11,13,17H,3,5,7,9,16H2,1-2H3. The van der Waals surface area contributed by atoms with E-state index in [0.717, 1.165) is 24.3 Å². The Hall–Kier alpha value is -1.66. The Labute approximate surface area is 124 Å². The van der Waals surface area contributed by atoms with Crippen molar-refractivity contribution in [3.05, 3.63) is 33.9 Å². The number of nitrogens with one attached hydrogen (secondary N) is 1. The molecule has 0 saturated heterocycles. The molecule has 0 aliphatic heterocycles. The predicted molar refractivity (Wildman–Crippen MR) is 81.7 cm³/mol. The van der Waals surface area contributed by atoms with Crippen LogP contribution in [0.1, 0.15) is 38.7 Å². The Kier molecular flexibility index (Phi) is 5.14. The van der Waals surface area contributed by atoms with Crippen molar-refractivity contribution in [2.45, 2.75) is 45.8 Å². The first-order valence-electron chi connectivity index (χ1n) is 7.36. The van der Waals surface area contributed by atoms with E-state index in [1.807, 2.05) is 0 Å². The largest absolute Gasteiger partial charge is 0.374 e. The number of ether oxygens (including phenoxy) is 1. The van der Waals surface area contributed by atoms with Crippen LogP contribution in [0.2, 0.25) is 0 Å². The number of hydrazine groups is 1. The molecule has 6 heteroatoms. The van der Waals surface area contributed by atoms with E-state index < -0.39 is 4.92 Å². The summed E-state index contributed by atoms with van der Waals surface area (Å²) in [6.07, 6.45) is 3.56. The molecule has 1 fully saturated rings. The molecule has 1 saturated carbocycles. The Morgan fingerprint density at radius 1 is 1.38 bits per heavy atom. The molecule has 3 unspecified atom stereocenters. The molecule has 1 aliphatic carbocycles. The van der Waals surface area contributed by atoms with Crippen LogP contribution in [0.25, 0.3) is 0 Å². The maximum Gasteiger partial charge on any atom is 0.294 e.